The summed E-state index contributed by atoms with van der Waals surface area (Å²) in [6, 6.07) is 0. The maximum atomic E-state index is 3.24. The second-order valence-corrected chi connectivity index (χ2v) is 4.34. The molecule has 1 nitrogen and oxygen atoms in total. The lowest BCUT2D eigenvalue weighted by Gasteiger charge is -2.30. The number of hydrogen-bond acceptors (Lipinski definition) is 1. The Labute approximate surface area is 89.9 Å². The zero-order chi connectivity index (χ0) is 11.0. The Morgan fingerprint density at radius 1 is 1.14 bits per heavy atom. The van der Waals surface area contributed by atoms with Crippen molar-refractivity contribution in [3.8, 4) is 11.8 Å². The summed E-state index contributed by atoms with van der Waals surface area (Å²) in [6.07, 6.45) is 3.93. The fourth-order valence-corrected chi connectivity index (χ4v) is 1.66. The van der Waals surface area contributed by atoms with E-state index in [2.05, 4.69) is 44.4 Å². The maximum Gasteiger partial charge on any atom is 0.0768 e. The molecule has 1 aliphatic heterocycles. The molecule has 0 aromatic rings. The lowest BCUT2D eigenvalue weighted by molar-refractivity contribution is 0.214. The van der Waals surface area contributed by atoms with Gasteiger partial charge in [0.15, 0.2) is 0 Å². The molecule has 1 rings (SSSR count). The van der Waals surface area contributed by atoms with Gasteiger partial charge in [0.1, 0.15) is 0 Å². The van der Waals surface area contributed by atoms with Crippen LogP contribution in [0.2, 0.25) is 0 Å². The van der Waals surface area contributed by atoms with Crippen molar-refractivity contribution in [2.75, 3.05) is 13.1 Å². The van der Waals surface area contributed by atoms with Crippen LogP contribution in [-0.2, 0) is 0 Å². The van der Waals surface area contributed by atoms with Crippen molar-refractivity contribution >= 4 is 0 Å². The van der Waals surface area contributed by atoms with E-state index in [1.165, 1.54) is 32.4 Å². The highest BCUT2D eigenvalue weighted by molar-refractivity contribution is 5.13. The van der Waals surface area contributed by atoms with E-state index in [0.29, 0.717) is 0 Å². The SMILES string of the molecule is CC#CC(C)(C)N1CCCC1.CCC. The van der Waals surface area contributed by atoms with Gasteiger partial charge < -0.3 is 0 Å². The molecule has 0 saturated carbocycles. The van der Waals surface area contributed by atoms with Crippen LogP contribution >= 0.6 is 0 Å². The summed E-state index contributed by atoms with van der Waals surface area (Å²) >= 11 is 0. The molecule has 0 spiro atoms. The van der Waals surface area contributed by atoms with Gasteiger partial charge in [-0.15, -0.1) is 5.92 Å². The largest absolute Gasteiger partial charge is 0.288 e. The Bertz CT molecular complexity index is 189. The second-order valence-electron chi connectivity index (χ2n) is 4.34. The molecular weight excluding hydrogens is 170 g/mol. The predicted octanol–water partition coefficient (Wildman–Crippen LogP) is 3.30. The molecule has 0 aliphatic carbocycles. The van der Waals surface area contributed by atoms with E-state index in [-0.39, 0.29) is 5.54 Å². The van der Waals surface area contributed by atoms with E-state index in [4.69, 9.17) is 0 Å². The minimum atomic E-state index is 0.102. The van der Waals surface area contributed by atoms with E-state index in [0.717, 1.165) is 0 Å². The topological polar surface area (TPSA) is 3.24 Å². The monoisotopic (exact) mass is 195 g/mol. The smallest absolute Gasteiger partial charge is 0.0768 e. The average Bonchev–Trinajstić information content (AvgIpc) is 2.57. The zero-order valence-electron chi connectivity index (χ0n) is 10.5. The Morgan fingerprint density at radius 2 is 1.57 bits per heavy atom. The molecule has 0 bridgehead atoms. The summed E-state index contributed by atoms with van der Waals surface area (Å²) in [6.45, 7) is 13.0. The molecule has 1 saturated heterocycles. The summed E-state index contributed by atoms with van der Waals surface area (Å²) in [5, 5.41) is 0. The normalized spacial score (nSPS) is 16.6. The standard InChI is InChI=1S/C10H17N.C3H8/c1-4-7-10(2,3)11-8-5-6-9-11;1-3-2/h5-6,8-9H2,1-3H3;3H2,1-2H3. The first kappa shape index (κ1) is 13.5. The second kappa shape index (κ2) is 6.90. The van der Waals surface area contributed by atoms with E-state index >= 15 is 0 Å². The van der Waals surface area contributed by atoms with Gasteiger partial charge >= 0.3 is 0 Å². The molecule has 0 unspecified atom stereocenters. The number of nitrogens with zero attached hydrogens (tertiary/aromatic N) is 1. The van der Waals surface area contributed by atoms with Crippen molar-refractivity contribution in [2.45, 2.75) is 59.4 Å². The fraction of sp³-hybridized carbons (Fsp3) is 0.846. The molecule has 14 heavy (non-hydrogen) atoms. The Balaban J connectivity index is 0.000000500. The van der Waals surface area contributed by atoms with E-state index < -0.39 is 0 Å². The van der Waals surface area contributed by atoms with Gasteiger partial charge in [0.2, 0.25) is 0 Å². The van der Waals surface area contributed by atoms with Crippen LogP contribution in [0.15, 0.2) is 0 Å². The highest BCUT2D eigenvalue weighted by Crippen LogP contribution is 2.19. The molecule has 0 atom stereocenters. The van der Waals surface area contributed by atoms with Crippen LogP contribution in [0.5, 0.6) is 0 Å². The fourth-order valence-electron chi connectivity index (χ4n) is 1.66. The molecule has 1 fully saturated rings. The van der Waals surface area contributed by atoms with Gasteiger partial charge in [-0.05, 0) is 46.7 Å². The van der Waals surface area contributed by atoms with E-state index in [9.17, 15) is 0 Å². The first-order chi connectivity index (χ1) is 6.58. The minimum Gasteiger partial charge on any atom is -0.288 e. The summed E-state index contributed by atoms with van der Waals surface area (Å²) < 4.78 is 0. The van der Waals surface area contributed by atoms with Crippen molar-refractivity contribution in [1.29, 1.82) is 0 Å². The molecule has 0 amide bonds. The minimum absolute atomic E-state index is 0.102. The first-order valence-corrected chi connectivity index (χ1v) is 5.77. The van der Waals surface area contributed by atoms with Crippen LogP contribution < -0.4 is 0 Å². The van der Waals surface area contributed by atoms with Gasteiger partial charge in [-0.25, -0.2) is 0 Å². The quantitative estimate of drug-likeness (QED) is 0.580. The Kier molecular flexibility index (Phi) is 6.66. The van der Waals surface area contributed by atoms with Crippen molar-refractivity contribution in [2.24, 2.45) is 0 Å². The van der Waals surface area contributed by atoms with Crippen molar-refractivity contribution < 1.29 is 0 Å². The average molecular weight is 195 g/mol. The van der Waals surface area contributed by atoms with Crippen molar-refractivity contribution in [3.05, 3.63) is 0 Å². The van der Waals surface area contributed by atoms with Gasteiger partial charge in [-0.3, -0.25) is 4.90 Å². The van der Waals surface area contributed by atoms with Crippen LogP contribution in [-0.4, -0.2) is 23.5 Å². The molecule has 1 heteroatoms. The molecule has 1 heterocycles. The van der Waals surface area contributed by atoms with Crippen LogP contribution in [0, 0.1) is 11.8 Å². The lowest BCUT2D eigenvalue weighted by Crippen LogP contribution is -2.40. The third kappa shape index (κ3) is 4.67. The van der Waals surface area contributed by atoms with Gasteiger partial charge in [-0.1, -0.05) is 26.2 Å². The summed E-state index contributed by atoms with van der Waals surface area (Å²) in [5.74, 6) is 6.23. The molecule has 0 aromatic heterocycles. The van der Waals surface area contributed by atoms with Crippen LogP contribution in [0.4, 0.5) is 0 Å². The van der Waals surface area contributed by atoms with Gasteiger partial charge in [0, 0.05) is 0 Å². The Hall–Kier alpha value is -0.480. The lowest BCUT2D eigenvalue weighted by atomic mass is 10.0. The van der Waals surface area contributed by atoms with E-state index in [1.807, 2.05) is 6.92 Å². The summed E-state index contributed by atoms with van der Waals surface area (Å²) in [4.78, 5) is 2.46. The third-order valence-corrected chi connectivity index (χ3v) is 2.33. The molecule has 0 radical (unpaired) electrons. The number of hydrogen-bond donors (Lipinski definition) is 0. The van der Waals surface area contributed by atoms with Gasteiger partial charge in [-0.2, -0.15) is 0 Å². The zero-order valence-corrected chi connectivity index (χ0v) is 10.5. The number of likely N-dealkylation sites (tertiary alicyclic amines) is 1. The predicted molar refractivity (Wildman–Crippen MR) is 64.3 cm³/mol. The molecule has 0 aromatic carbocycles. The molecular formula is C13H25N. The van der Waals surface area contributed by atoms with E-state index in [1.54, 1.807) is 0 Å². The van der Waals surface area contributed by atoms with Crippen LogP contribution in [0.25, 0.3) is 0 Å². The third-order valence-electron chi connectivity index (χ3n) is 2.33. The maximum absolute atomic E-state index is 3.24. The van der Waals surface area contributed by atoms with Crippen LogP contribution in [0.1, 0.15) is 53.9 Å². The van der Waals surface area contributed by atoms with Crippen molar-refractivity contribution in [3.63, 3.8) is 0 Å². The highest BCUT2D eigenvalue weighted by atomic mass is 15.2. The number of rotatable bonds is 1. The molecule has 0 N–H and O–H groups in total. The summed E-state index contributed by atoms with van der Waals surface area (Å²) in [7, 11) is 0. The highest BCUT2D eigenvalue weighted by Gasteiger charge is 2.26. The summed E-state index contributed by atoms with van der Waals surface area (Å²) in [5.41, 5.74) is 0.102. The van der Waals surface area contributed by atoms with Crippen LogP contribution in [0.3, 0.4) is 0 Å². The van der Waals surface area contributed by atoms with Gasteiger partial charge in [0.05, 0.1) is 5.54 Å². The molecule has 1 aliphatic rings. The Morgan fingerprint density at radius 3 is 1.93 bits per heavy atom. The van der Waals surface area contributed by atoms with Gasteiger partial charge in [0.25, 0.3) is 0 Å². The van der Waals surface area contributed by atoms with Crippen molar-refractivity contribution in [1.82, 2.24) is 4.90 Å². The first-order valence-electron chi connectivity index (χ1n) is 5.77. The molecule has 82 valence electrons.